The number of hydrogen-bond donors (Lipinski definition) is 0. The van der Waals surface area contributed by atoms with Crippen LogP contribution in [0.4, 0.5) is 5.69 Å². The molecule has 4 rings (SSSR count). The van der Waals surface area contributed by atoms with Gasteiger partial charge in [0.15, 0.2) is 5.82 Å². The summed E-state index contributed by atoms with van der Waals surface area (Å²) in [5, 5.41) is 13.0. The zero-order valence-corrected chi connectivity index (χ0v) is 15.1. The van der Waals surface area contributed by atoms with Crippen molar-refractivity contribution in [2.75, 3.05) is 11.4 Å². The quantitative estimate of drug-likeness (QED) is 0.712. The lowest BCUT2D eigenvalue weighted by Crippen LogP contribution is -2.25. The highest BCUT2D eigenvalue weighted by Gasteiger charge is 2.35. The highest BCUT2D eigenvalue weighted by atomic mass is 16.5. The Morgan fingerprint density at radius 3 is 2.70 bits per heavy atom. The van der Waals surface area contributed by atoms with Crippen LogP contribution >= 0.6 is 0 Å². The van der Waals surface area contributed by atoms with E-state index in [0.29, 0.717) is 30.2 Å². The molecule has 3 aromatic rings. The van der Waals surface area contributed by atoms with Gasteiger partial charge < -0.3 is 9.42 Å². The van der Waals surface area contributed by atoms with Gasteiger partial charge in [0.2, 0.25) is 5.91 Å². The summed E-state index contributed by atoms with van der Waals surface area (Å²) in [5.41, 5.74) is 4.54. The van der Waals surface area contributed by atoms with Gasteiger partial charge in [-0.1, -0.05) is 17.3 Å². The first-order chi connectivity index (χ1) is 13.1. The molecule has 1 unspecified atom stereocenters. The van der Waals surface area contributed by atoms with Crippen LogP contribution < -0.4 is 4.90 Å². The highest BCUT2D eigenvalue weighted by molar-refractivity contribution is 5.97. The number of aryl methyl sites for hydroxylation is 1. The van der Waals surface area contributed by atoms with Gasteiger partial charge in [-0.2, -0.15) is 10.2 Å². The van der Waals surface area contributed by atoms with E-state index in [4.69, 9.17) is 9.78 Å². The van der Waals surface area contributed by atoms with Crippen molar-refractivity contribution in [1.29, 1.82) is 5.26 Å². The predicted molar refractivity (Wildman–Crippen MR) is 100 cm³/mol. The zero-order chi connectivity index (χ0) is 19.0. The number of carbonyl (C=O) groups is 1. The average molecular weight is 358 g/mol. The highest BCUT2D eigenvalue weighted by Crippen LogP contribution is 2.33. The van der Waals surface area contributed by atoms with E-state index in [9.17, 15) is 4.79 Å². The molecular formula is C21H18N4O2. The predicted octanol–water partition coefficient (Wildman–Crippen LogP) is 3.75. The fraction of sp³-hybridized carbons (Fsp3) is 0.238. The van der Waals surface area contributed by atoms with Crippen molar-refractivity contribution in [3.8, 4) is 17.5 Å². The molecule has 6 nitrogen and oxygen atoms in total. The normalized spacial score (nSPS) is 16.6. The van der Waals surface area contributed by atoms with Crippen LogP contribution in [-0.4, -0.2) is 22.6 Å². The molecule has 1 saturated heterocycles. The summed E-state index contributed by atoms with van der Waals surface area (Å²) in [6.45, 7) is 4.61. The lowest BCUT2D eigenvalue weighted by atomic mass is 10.1. The first-order valence-electron chi connectivity index (χ1n) is 8.77. The number of amides is 1. The standard InChI is InChI=1S/C21H18N4O2/c1-13-4-3-5-18(14(13)2)25-12-17(10-19(25)26)20-23-21(27-24-20)16-8-6-15(11-22)7-9-16/h3-9,17H,10,12H2,1-2H3. The minimum atomic E-state index is -0.103. The third-order valence-corrected chi connectivity index (χ3v) is 5.06. The van der Waals surface area contributed by atoms with Crippen LogP contribution in [0.2, 0.25) is 0 Å². The molecule has 1 amide bonds. The first kappa shape index (κ1) is 17.0. The fourth-order valence-corrected chi connectivity index (χ4v) is 3.35. The van der Waals surface area contributed by atoms with Gasteiger partial charge in [-0.05, 0) is 55.3 Å². The molecular weight excluding hydrogens is 340 g/mol. The molecule has 1 aliphatic rings. The van der Waals surface area contributed by atoms with E-state index in [0.717, 1.165) is 22.4 Å². The molecule has 0 aliphatic carbocycles. The van der Waals surface area contributed by atoms with Crippen LogP contribution in [0, 0.1) is 25.2 Å². The second-order valence-electron chi connectivity index (χ2n) is 6.77. The molecule has 134 valence electrons. The summed E-state index contributed by atoms with van der Waals surface area (Å²) in [5.74, 6) is 0.898. The zero-order valence-electron chi connectivity index (χ0n) is 15.1. The number of carbonyl (C=O) groups excluding carboxylic acids is 1. The molecule has 27 heavy (non-hydrogen) atoms. The first-order valence-corrected chi connectivity index (χ1v) is 8.77. The number of aromatic nitrogens is 2. The van der Waals surface area contributed by atoms with Crippen molar-refractivity contribution in [3.63, 3.8) is 0 Å². The van der Waals surface area contributed by atoms with Crippen molar-refractivity contribution in [2.45, 2.75) is 26.2 Å². The summed E-state index contributed by atoms with van der Waals surface area (Å²) in [6.07, 6.45) is 0.361. The minimum absolute atomic E-state index is 0.0680. The number of hydrogen-bond acceptors (Lipinski definition) is 5. The van der Waals surface area contributed by atoms with E-state index < -0.39 is 0 Å². The van der Waals surface area contributed by atoms with Crippen LogP contribution in [0.5, 0.6) is 0 Å². The Hall–Kier alpha value is -3.46. The van der Waals surface area contributed by atoms with Gasteiger partial charge in [-0.25, -0.2) is 0 Å². The lowest BCUT2D eigenvalue weighted by Gasteiger charge is -2.19. The molecule has 0 saturated carbocycles. The van der Waals surface area contributed by atoms with E-state index in [1.54, 1.807) is 24.3 Å². The Morgan fingerprint density at radius 2 is 1.96 bits per heavy atom. The molecule has 1 aromatic heterocycles. The molecule has 1 aliphatic heterocycles. The average Bonchev–Trinajstić information content (AvgIpc) is 3.31. The molecule has 0 spiro atoms. The van der Waals surface area contributed by atoms with E-state index >= 15 is 0 Å². The van der Waals surface area contributed by atoms with Gasteiger partial charge in [-0.15, -0.1) is 0 Å². The van der Waals surface area contributed by atoms with Crippen LogP contribution in [0.1, 0.15) is 34.9 Å². The second kappa shape index (κ2) is 6.69. The van der Waals surface area contributed by atoms with Gasteiger partial charge in [0, 0.05) is 30.1 Å². The lowest BCUT2D eigenvalue weighted by molar-refractivity contribution is -0.117. The summed E-state index contributed by atoms with van der Waals surface area (Å²) in [6, 6.07) is 15.0. The Bertz CT molecular complexity index is 1050. The van der Waals surface area contributed by atoms with Crippen molar-refractivity contribution in [1.82, 2.24) is 10.1 Å². The van der Waals surface area contributed by atoms with Crippen molar-refractivity contribution in [3.05, 3.63) is 65.0 Å². The number of rotatable bonds is 3. The third kappa shape index (κ3) is 3.08. The van der Waals surface area contributed by atoms with Crippen molar-refractivity contribution in [2.24, 2.45) is 0 Å². The number of nitrogens with zero attached hydrogens (tertiary/aromatic N) is 4. The number of nitriles is 1. The maximum atomic E-state index is 12.6. The number of benzene rings is 2. The van der Waals surface area contributed by atoms with E-state index in [1.807, 2.05) is 36.9 Å². The summed E-state index contributed by atoms with van der Waals surface area (Å²) in [4.78, 5) is 18.9. The molecule has 0 bridgehead atoms. The van der Waals surface area contributed by atoms with Gasteiger partial charge in [-0.3, -0.25) is 4.79 Å². The van der Waals surface area contributed by atoms with E-state index in [-0.39, 0.29) is 11.8 Å². The maximum absolute atomic E-state index is 12.6. The smallest absolute Gasteiger partial charge is 0.257 e. The SMILES string of the molecule is Cc1cccc(N2CC(c3noc(-c4ccc(C#N)cc4)n3)CC2=O)c1C. The Morgan fingerprint density at radius 1 is 1.19 bits per heavy atom. The van der Waals surface area contributed by atoms with Crippen LogP contribution in [0.3, 0.4) is 0 Å². The minimum Gasteiger partial charge on any atom is -0.334 e. The molecule has 1 atom stereocenters. The van der Waals surface area contributed by atoms with Crippen LogP contribution in [0.25, 0.3) is 11.5 Å². The van der Waals surface area contributed by atoms with Gasteiger partial charge >= 0.3 is 0 Å². The molecule has 0 radical (unpaired) electrons. The van der Waals surface area contributed by atoms with Crippen molar-refractivity contribution >= 4 is 11.6 Å². The Kier molecular flexibility index (Phi) is 4.21. The maximum Gasteiger partial charge on any atom is 0.257 e. The second-order valence-corrected chi connectivity index (χ2v) is 6.77. The fourth-order valence-electron chi connectivity index (χ4n) is 3.35. The van der Waals surface area contributed by atoms with Gasteiger partial charge in [0.1, 0.15) is 0 Å². The van der Waals surface area contributed by atoms with E-state index in [2.05, 4.69) is 16.2 Å². The Labute approximate surface area is 157 Å². The molecule has 1 fully saturated rings. The van der Waals surface area contributed by atoms with Crippen LogP contribution in [-0.2, 0) is 4.79 Å². The third-order valence-electron chi connectivity index (χ3n) is 5.06. The molecule has 6 heteroatoms. The van der Waals surface area contributed by atoms with Gasteiger partial charge in [0.05, 0.1) is 11.6 Å². The summed E-state index contributed by atoms with van der Waals surface area (Å²) < 4.78 is 5.38. The number of anilines is 1. The molecule has 0 N–H and O–H groups in total. The topological polar surface area (TPSA) is 83.0 Å². The van der Waals surface area contributed by atoms with Crippen LogP contribution in [0.15, 0.2) is 47.0 Å². The van der Waals surface area contributed by atoms with Gasteiger partial charge in [0.25, 0.3) is 5.89 Å². The largest absolute Gasteiger partial charge is 0.334 e. The van der Waals surface area contributed by atoms with E-state index in [1.165, 1.54) is 0 Å². The molecule has 2 heterocycles. The monoisotopic (exact) mass is 358 g/mol. The van der Waals surface area contributed by atoms with Crippen molar-refractivity contribution < 1.29 is 9.32 Å². The summed E-state index contributed by atoms with van der Waals surface area (Å²) in [7, 11) is 0. The Balaban J connectivity index is 1.57. The molecule has 2 aromatic carbocycles. The summed E-state index contributed by atoms with van der Waals surface area (Å²) >= 11 is 0.